The number of pyridine rings is 1. The lowest BCUT2D eigenvalue weighted by Crippen LogP contribution is -2.18. The molecule has 0 radical (unpaired) electrons. The summed E-state index contributed by atoms with van der Waals surface area (Å²) < 4.78 is 5.72. The number of carbonyl (C=O) groups excluding carboxylic acids is 1. The van der Waals surface area contributed by atoms with Gasteiger partial charge in [-0.15, -0.1) is 0 Å². The van der Waals surface area contributed by atoms with E-state index < -0.39 is 5.91 Å². The molecule has 5 nitrogen and oxygen atoms in total. The molecule has 0 aliphatic carbocycles. The van der Waals surface area contributed by atoms with Gasteiger partial charge in [-0.2, -0.15) is 0 Å². The zero-order chi connectivity index (χ0) is 15.5. The standard InChI is InChI=1S/C16H11ClN2O3/c17-12-2-5-13(6-3-12)22-14-4-1-10-7-11(16(20)19-21)9-18-15(10)8-14/h1-9,21H,(H,19,20). The predicted molar refractivity (Wildman–Crippen MR) is 82.5 cm³/mol. The van der Waals surface area contributed by atoms with E-state index >= 15 is 0 Å². The molecule has 0 spiro atoms. The molecular formula is C16H11ClN2O3. The fourth-order valence-electron chi connectivity index (χ4n) is 1.99. The lowest BCUT2D eigenvalue weighted by atomic mass is 10.1. The van der Waals surface area contributed by atoms with E-state index in [4.69, 9.17) is 21.5 Å². The maximum atomic E-state index is 11.4. The number of amides is 1. The highest BCUT2D eigenvalue weighted by atomic mass is 35.5. The van der Waals surface area contributed by atoms with Crippen LogP contribution >= 0.6 is 11.6 Å². The number of hydroxylamine groups is 1. The number of hydrogen-bond donors (Lipinski definition) is 2. The second-order valence-corrected chi connectivity index (χ2v) is 5.01. The number of rotatable bonds is 3. The molecular weight excluding hydrogens is 304 g/mol. The van der Waals surface area contributed by atoms with E-state index in [-0.39, 0.29) is 5.56 Å². The minimum atomic E-state index is -0.601. The van der Waals surface area contributed by atoms with E-state index in [1.807, 2.05) is 0 Å². The summed E-state index contributed by atoms with van der Waals surface area (Å²) in [6.45, 7) is 0. The number of nitrogens with zero attached hydrogens (tertiary/aromatic N) is 1. The average Bonchev–Trinajstić information content (AvgIpc) is 2.55. The summed E-state index contributed by atoms with van der Waals surface area (Å²) in [7, 11) is 0. The third kappa shape index (κ3) is 3.00. The highest BCUT2D eigenvalue weighted by Crippen LogP contribution is 2.26. The number of hydrogen-bond acceptors (Lipinski definition) is 4. The minimum absolute atomic E-state index is 0.279. The summed E-state index contributed by atoms with van der Waals surface area (Å²) in [5.41, 5.74) is 2.54. The van der Waals surface area contributed by atoms with Gasteiger partial charge >= 0.3 is 0 Å². The Morgan fingerprint density at radius 3 is 2.55 bits per heavy atom. The molecule has 0 unspecified atom stereocenters. The van der Waals surface area contributed by atoms with Crippen molar-refractivity contribution < 1.29 is 14.7 Å². The Bertz CT molecular complexity index is 834. The van der Waals surface area contributed by atoms with Crippen molar-refractivity contribution in [3.8, 4) is 11.5 Å². The van der Waals surface area contributed by atoms with Gasteiger partial charge in [0.25, 0.3) is 5.91 Å². The van der Waals surface area contributed by atoms with Crippen molar-refractivity contribution in [3.05, 3.63) is 65.3 Å². The largest absolute Gasteiger partial charge is 0.457 e. The van der Waals surface area contributed by atoms with Crippen molar-refractivity contribution in [2.75, 3.05) is 0 Å². The Morgan fingerprint density at radius 2 is 1.82 bits per heavy atom. The number of nitrogens with one attached hydrogen (secondary N) is 1. The molecule has 3 rings (SSSR count). The first-order chi connectivity index (χ1) is 10.7. The van der Waals surface area contributed by atoms with E-state index in [0.717, 1.165) is 5.39 Å². The van der Waals surface area contributed by atoms with Gasteiger partial charge in [0.2, 0.25) is 0 Å². The van der Waals surface area contributed by atoms with Gasteiger partial charge in [0.1, 0.15) is 11.5 Å². The summed E-state index contributed by atoms with van der Waals surface area (Å²) in [5, 5.41) is 10.0. The van der Waals surface area contributed by atoms with E-state index in [2.05, 4.69) is 4.98 Å². The molecule has 2 N–H and O–H groups in total. The Kier molecular flexibility index (Phi) is 3.91. The van der Waals surface area contributed by atoms with Crippen LogP contribution in [0.1, 0.15) is 10.4 Å². The molecule has 0 saturated heterocycles. The van der Waals surface area contributed by atoms with Crippen molar-refractivity contribution in [2.45, 2.75) is 0 Å². The van der Waals surface area contributed by atoms with Crippen LogP contribution in [0.5, 0.6) is 11.5 Å². The zero-order valence-electron chi connectivity index (χ0n) is 11.3. The van der Waals surface area contributed by atoms with Crippen LogP contribution in [0.3, 0.4) is 0 Å². The summed E-state index contributed by atoms with van der Waals surface area (Å²) in [5.74, 6) is 0.692. The number of benzene rings is 2. The molecule has 0 aliphatic rings. The van der Waals surface area contributed by atoms with E-state index in [9.17, 15) is 4.79 Å². The zero-order valence-corrected chi connectivity index (χ0v) is 12.0. The topological polar surface area (TPSA) is 71.5 Å². The van der Waals surface area contributed by atoms with Gasteiger partial charge < -0.3 is 4.74 Å². The van der Waals surface area contributed by atoms with Gasteiger partial charge in [-0.05, 0) is 42.5 Å². The van der Waals surface area contributed by atoms with Gasteiger partial charge in [-0.25, -0.2) is 5.48 Å². The molecule has 1 aromatic heterocycles. The van der Waals surface area contributed by atoms with E-state index in [1.165, 1.54) is 6.20 Å². The second kappa shape index (κ2) is 6.01. The third-order valence-electron chi connectivity index (χ3n) is 3.07. The van der Waals surface area contributed by atoms with Crippen molar-refractivity contribution in [1.82, 2.24) is 10.5 Å². The number of aromatic nitrogens is 1. The molecule has 110 valence electrons. The molecule has 0 aliphatic heterocycles. The summed E-state index contributed by atoms with van der Waals surface area (Å²) in [6.07, 6.45) is 1.39. The summed E-state index contributed by atoms with van der Waals surface area (Å²) in [6, 6.07) is 14.0. The second-order valence-electron chi connectivity index (χ2n) is 4.58. The third-order valence-corrected chi connectivity index (χ3v) is 3.32. The highest BCUT2D eigenvalue weighted by molar-refractivity contribution is 6.30. The maximum Gasteiger partial charge on any atom is 0.276 e. The van der Waals surface area contributed by atoms with E-state index in [0.29, 0.717) is 22.0 Å². The maximum absolute atomic E-state index is 11.4. The van der Waals surface area contributed by atoms with Crippen LogP contribution in [0.15, 0.2) is 54.7 Å². The predicted octanol–water partition coefficient (Wildman–Crippen LogP) is 3.80. The fraction of sp³-hybridized carbons (Fsp3) is 0. The first-order valence-electron chi connectivity index (χ1n) is 6.43. The number of fused-ring (bicyclic) bond motifs is 1. The van der Waals surface area contributed by atoms with Gasteiger partial charge in [0.15, 0.2) is 0 Å². The van der Waals surface area contributed by atoms with Crippen LogP contribution < -0.4 is 10.2 Å². The van der Waals surface area contributed by atoms with Crippen LogP contribution in [0.2, 0.25) is 5.02 Å². The number of ether oxygens (including phenoxy) is 1. The molecule has 0 saturated carbocycles. The summed E-state index contributed by atoms with van der Waals surface area (Å²) >= 11 is 5.83. The van der Waals surface area contributed by atoms with Crippen molar-refractivity contribution in [2.24, 2.45) is 0 Å². The number of carbonyl (C=O) groups is 1. The van der Waals surface area contributed by atoms with E-state index in [1.54, 1.807) is 54.0 Å². The van der Waals surface area contributed by atoms with Crippen LogP contribution in [-0.2, 0) is 0 Å². The van der Waals surface area contributed by atoms with Gasteiger partial charge in [-0.3, -0.25) is 15.0 Å². The van der Waals surface area contributed by atoms with Crippen LogP contribution in [0.25, 0.3) is 10.9 Å². The Hall–Kier alpha value is -2.63. The first-order valence-corrected chi connectivity index (χ1v) is 6.81. The fourth-order valence-corrected chi connectivity index (χ4v) is 2.12. The number of halogens is 1. The van der Waals surface area contributed by atoms with Gasteiger partial charge in [0, 0.05) is 22.7 Å². The smallest absolute Gasteiger partial charge is 0.276 e. The molecule has 6 heteroatoms. The Balaban J connectivity index is 1.89. The normalized spacial score (nSPS) is 10.5. The molecule has 3 aromatic rings. The molecule has 1 amide bonds. The Labute approximate surface area is 131 Å². The average molecular weight is 315 g/mol. The molecule has 0 atom stereocenters. The lowest BCUT2D eigenvalue weighted by Gasteiger charge is -2.07. The minimum Gasteiger partial charge on any atom is -0.457 e. The SMILES string of the molecule is O=C(NO)c1cnc2cc(Oc3ccc(Cl)cc3)ccc2c1. The molecule has 0 bridgehead atoms. The van der Waals surface area contributed by atoms with Crippen molar-refractivity contribution in [3.63, 3.8) is 0 Å². The highest BCUT2D eigenvalue weighted by Gasteiger charge is 2.07. The monoisotopic (exact) mass is 314 g/mol. The molecule has 22 heavy (non-hydrogen) atoms. The van der Waals surface area contributed by atoms with Crippen LogP contribution in [-0.4, -0.2) is 16.1 Å². The van der Waals surface area contributed by atoms with Gasteiger partial charge in [0.05, 0.1) is 11.1 Å². The Morgan fingerprint density at radius 1 is 1.09 bits per heavy atom. The van der Waals surface area contributed by atoms with Crippen LogP contribution in [0, 0.1) is 0 Å². The van der Waals surface area contributed by atoms with Gasteiger partial charge in [-0.1, -0.05) is 11.6 Å². The van der Waals surface area contributed by atoms with Crippen molar-refractivity contribution >= 4 is 28.4 Å². The molecule has 2 aromatic carbocycles. The van der Waals surface area contributed by atoms with Crippen LogP contribution in [0.4, 0.5) is 0 Å². The lowest BCUT2D eigenvalue weighted by molar-refractivity contribution is 0.0706. The first kappa shape index (κ1) is 14.3. The quantitative estimate of drug-likeness (QED) is 0.570. The van der Waals surface area contributed by atoms with Crippen molar-refractivity contribution in [1.29, 1.82) is 0 Å². The molecule has 1 heterocycles. The molecule has 0 fully saturated rings. The summed E-state index contributed by atoms with van der Waals surface area (Å²) in [4.78, 5) is 15.5.